The summed E-state index contributed by atoms with van der Waals surface area (Å²) in [5, 5.41) is 0. The lowest BCUT2D eigenvalue weighted by Gasteiger charge is -2.25. The predicted molar refractivity (Wildman–Crippen MR) is 70.0 cm³/mol. The van der Waals surface area contributed by atoms with E-state index in [0.29, 0.717) is 5.92 Å². The number of carbonyl (C=O) groups excluding carboxylic acids is 1. The van der Waals surface area contributed by atoms with Crippen molar-refractivity contribution in [2.75, 3.05) is 0 Å². The second-order valence-electron chi connectivity index (χ2n) is 5.10. The summed E-state index contributed by atoms with van der Waals surface area (Å²) >= 11 is 0. The normalized spacial score (nSPS) is 24.2. The molecule has 1 aliphatic carbocycles. The van der Waals surface area contributed by atoms with E-state index in [4.69, 9.17) is 5.73 Å². The van der Waals surface area contributed by atoms with Crippen molar-refractivity contribution in [1.82, 2.24) is 9.97 Å². The zero-order valence-corrected chi connectivity index (χ0v) is 10.2. The van der Waals surface area contributed by atoms with Gasteiger partial charge in [0.25, 0.3) is 0 Å². The van der Waals surface area contributed by atoms with Gasteiger partial charge >= 0.3 is 0 Å². The standard InChI is InChI=1S/C14H17N3O/c15-13(18)9-4-3-5-10(8-9)14-16-11-6-1-2-7-12(11)17-14/h1-2,6-7,9-10H,3-5,8H2,(H2,15,18)(H,16,17). The van der Waals surface area contributed by atoms with Crippen LogP contribution in [-0.4, -0.2) is 15.9 Å². The Hall–Kier alpha value is -1.84. The Morgan fingerprint density at radius 3 is 2.94 bits per heavy atom. The third-order valence-electron chi connectivity index (χ3n) is 3.87. The van der Waals surface area contributed by atoms with Gasteiger partial charge in [0.05, 0.1) is 11.0 Å². The summed E-state index contributed by atoms with van der Waals surface area (Å²) in [4.78, 5) is 19.3. The molecule has 4 nitrogen and oxygen atoms in total. The van der Waals surface area contributed by atoms with Crippen LogP contribution in [0.3, 0.4) is 0 Å². The van der Waals surface area contributed by atoms with Crippen LogP contribution in [0.25, 0.3) is 11.0 Å². The average molecular weight is 243 g/mol. The average Bonchev–Trinajstić information content (AvgIpc) is 2.82. The minimum absolute atomic E-state index is 0.0111. The largest absolute Gasteiger partial charge is 0.369 e. The lowest BCUT2D eigenvalue weighted by atomic mass is 9.81. The second-order valence-corrected chi connectivity index (χ2v) is 5.10. The molecule has 94 valence electrons. The summed E-state index contributed by atoms with van der Waals surface area (Å²) in [5.74, 6) is 1.18. The fourth-order valence-electron chi connectivity index (χ4n) is 2.86. The molecule has 1 fully saturated rings. The fourth-order valence-corrected chi connectivity index (χ4v) is 2.86. The summed E-state index contributed by atoms with van der Waals surface area (Å²) in [7, 11) is 0. The highest BCUT2D eigenvalue weighted by Gasteiger charge is 2.28. The van der Waals surface area contributed by atoms with Gasteiger partial charge in [0, 0.05) is 11.8 Å². The summed E-state index contributed by atoms with van der Waals surface area (Å²) in [5.41, 5.74) is 7.47. The highest BCUT2D eigenvalue weighted by molar-refractivity contribution is 5.77. The van der Waals surface area contributed by atoms with Gasteiger partial charge in [-0.05, 0) is 31.4 Å². The topological polar surface area (TPSA) is 71.8 Å². The molecule has 1 aromatic heterocycles. The van der Waals surface area contributed by atoms with Gasteiger partial charge in [0.15, 0.2) is 0 Å². The number of primary amides is 1. The molecule has 2 atom stereocenters. The number of H-pyrrole nitrogens is 1. The van der Waals surface area contributed by atoms with E-state index >= 15 is 0 Å². The minimum Gasteiger partial charge on any atom is -0.369 e. The minimum atomic E-state index is -0.171. The van der Waals surface area contributed by atoms with Gasteiger partial charge in [0.1, 0.15) is 5.82 Å². The molecule has 0 radical (unpaired) electrons. The molecule has 18 heavy (non-hydrogen) atoms. The number of nitrogens with two attached hydrogens (primary N) is 1. The fraction of sp³-hybridized carbons (Fsp3) is 0.429. The molecule has 1 heterocycles. The predicted octanol–water partition coefficient (Wildman–Crippen LogP) is 2.32. The lowest BCUT2D eigenvalue weighted by molar-refractivity contribution is -0.122. The molecular formula is C14H17N3O. The monoisotopic (exact) mass is 243 g/mol. The molecule has 0 saturated heterocycles. The molecule has 3 N–H and O–H groups in total. The Kier molecular flexibility index (Phi) is 2.78. The zero-order chi connectivity index (χ0) is 12.5. The molecule has 0 aliphatic heterocycles. The molecule has 2 aromatic rings. The van der Waals surface area contributed by atoms with Gasteiger partial charge in [-0.3, -0.25) is 4.79 Å². The molecular weight excluding hydrogens is 226 g/mol. The lowest BCUT2D eigenvalue weighted by Crippen LogP contribution is -2.28. The van der Waals surface area contributed by atoms with Gasteiger partial charge in [-0.25, -0.2) is 4.98 Å². The quantitative estimate of drug-likeness (QED) is 0.849. The first-order valence-corrected chi connectivity index (χ1v) is 6.48. The number of aromatic amines is 1. The number of nitrogens with one attached hydrogen (secondary N) is 1. The molecule has 3 rings (SSSR count). The summed E-state index contributed by atoms with van der Waals surface area (Å²) in [6.45, 7) is 0. The van der Waals surface area contributed by atoms with E-state index < -0.39 is 0 Å². The van der Waals surface area contributed by atoms with E-state index in [1.165, 1.54) is 0 Å². The van der Waals surface area contributed by atoms with E-state index in [2.05, 4.69) is 9.97 Å². The van der Waals surface area contributed by atoms with Crippen molar-refractivity contribution in [3.63, 3.8) is 0 Å². The highest BCUT2D eigenvalue weighted by Crippen LogP contribution is 2.35. The van der Waals surface area contributed by atoms with Crippen LogP contribution in [0.15, 0.2) is 24.3 Å². The smallest absolute Gasteiger partial charge is 0.220 e. The number of hydrogen-bond acceptors (Lipinski definition) is 2. The maximum absolute atomic E-state index is 11.3. The number of carbonyl (C=O) groups is 1. The number of amides is 1. The zero-order valence-electron chi connectivity index (χ0n) is 10.2. The molecule has 1 saturated carbocycles. The van der Waals surface area contributed by atoms with Gasteiger partial charge in [-0.1, -0.05) is 18.6 Å². The van der Waals surface area contributed by atoms with Crippen molar-refractivity contribution in [3.05, 3.63) is 30.1 Å². The first kappa shape index (κ1) is 11.3. The third kappa shape index (κ3) is 1.98. The molecule has 1 aliphatic rings. The van der Waals surface area contributed by atoms with Gasteiger partial charge < -0.3 is 10.7 Å². The van der Waals surface area contributed by atoms with Crippen LogP contribution in [-0.2, 0) is 4.79 Å². The molecule has 2 unspecified atom stereocenters. The van der Waals surface area contributed by atoms with Crippen molar-refractivity contribution in [3.8, 4) is 0 Å². The number of fused-ring (bicyclic) bond motifs is 1. The van der Waals surface area contributed by atoms with Crippen molar-refractivity contribution < 1.29 is 4.79 Å². The molecule has 1 amide bonds. The van der Waals surface area contributed by atoms with Crippen LogP contribution in [0.4, 0.5) is 0 Å². The molecule has 0 spiro atoms. The van der Waals surface area contributed by atoms with E-state index in [1.54, 1.807) is 0 Å². The van der Waals surface area contributed by atoms with Crippen molar-refractivity contribution in [1.29, 1.82) is 0 Å². The van der Waals surface area contributed by atoms with E-state index in [9.17, 15) is 4.79 Å². The van der Waals surface area contributed by atoms with Crippen LogP contribution >= 0.6 is 0 Å². The van der Waals surface area contributed by atoms with Crippen LogP contribution < -0.4 is 5.73 Å². The van der Waals surface area contributed by atoms with Crippen LogP contribution in [0.1, 0.15) is 37.4 Å². The Morgan fingerprint density at radius 1 is 1.33 bits per heavy atom. The van der Waals surface area contributed by atoms with Crippen LogP contribution in [0, 0.1) is 5.92 Å². The number of nitrogens with zero attached hydrogens (tertiary/aromatic N) is 1. The SMILES string of the molecule is NC(=O)C1CCCC(c2nc3ccccc3[nH]2)C1. The first-order chi connectivity index (χ1) is 8.74. The molecule has 1 aromatic carbocycles. The third-order valence-corrected chi connectivity index (χ3v) is 3.87. The number of hydrogen-bond donors (Lipinski definition) is 2. The van der Waals surface area contributed by atoms with Crippen molar-refractivity contribution >= 4 is 16.9 Å². The first-order valence-electron chi connectivity index (χ1n) is 6.48. The summed E-state index contributed by atoms with van der Waals surface area (Å²) in [6, 6.07) is 8.02. The van der Waals surface area contributed by atoms with Crippen molar-refractivity contribution in [2.45, 2.75) is 31.6 Å². The number of imidazole rings is 1. The number of rotatable bonds is 2. The van der Waals surface area contributed by atoms with Crippen LogP contribution in [0.2, 0.25) is 0 Å². The maximum atomic E-state index is 11.3. The van der Waals surface area contributed by atoms with E-state index in [0.717, 1.165) is 42.5 Å². The Balaban J connectivity index is 1.87. The number of aromatic nitrogens is 2. The molecule has 4 heteroatoms. The molecule has 0 bridgehead atoms. The number of benzene rings is 1. The maximum Gasteiger partial charge on any atom is 0.220 e. The Labute approximate surface area is 106 Å². The van der Waals surface area contributed by atoms with Gasteiger partial charge in [0.2, 0.25) is 5.91 Å². The number of para-hydroxylation sites is 2. The Bertz CT molecular complexity index is 542. The van der Waals surface area contributed by atoms with Gasteiger partial charge in [-0.2, -0.15) is 0 Å². The van der Waals surface area contributed by atoms with Crippen LogP contribution in [0.5, 0.6) is 0 Å². The van der Waals surface area contributed by atoms with Crippen molar-refractivity contribution in [2.24, 2.45) is 11.7 Å². The summed E-state index contributed by atoms with van der Waals surface area (Å²) in [6.07, 6.45) is 3.89. The Morgan fingerprint density at radius 2 is 2.17 bits per heavy atom. The second kappa shape index (κ2) is 4.44. The van der Waals surface area contributed by atoms with E-state index in [1.807, 2.05) is 24.3 Å². The van der Waals surface area contributed by atoms with Gasteiger partial charge in [-0.15, -0.1) is 0 Å². The van der Waals surface area contributed by atoms with E-state index in [-0.39, 0.29) is 11.8 Å². The highest BCUT2D eigenvalue weighted by atomic mass is 16.1. The summed E-state index contributed by atoms with van der Waals surface area (Å²) < 4.78 is 0.